The van der Waals surface area contributed by atoms with Crippen molar-refractivity contribution in [3.63, 3.8) is 0 Å². The molecule has 9 heteroatoms. The van der Waals surface area contributed by atoms with Crippen molar-refractivity contribution in [2.75, 3.05) is 11.0 Å². The van der Waals surface area contributed by atoms with Crippen molar-refractivity contribution in [3.05, 3.63) is 64.6 Å². The number of carbonyl (C=O) groups is 1. The van der Waals surface area contributed by atoms with Gasteiger partial charge in [0.2, 0.25) is 15.9 Å². The summed E-state index contributed by atoms with van der Waals surface area (Å²) in [5.74, 6) is -0.193. The highest BCUT2D eigenvalue weighted by molar-refractivity contribution is 7.92. The Bertz CT molecular complexity index is 1180. The van der Waals surface area contributed by atoms with Crippen LogP contribution in [0.5, 0.6) is 0 Å². The molecule has 0 atom stereocenters. The molecule has 0 spiro atoms. The predicted octanol–water partition coefficient (Wildman–Crippen LogP) is 1.42. The largest absolute Gasteiger partial charge is 0.352 e. The van der Waals surface area contributed by atoms with Gasteiger partial charge in [-0.2, -0.15) is 0 Å². The molecule has 0 aliphatic rings. The molecule has 2 aromatic carbocycles. The fraction of sp³-hybridized carbons (Fsp3) is 0.263. The van der Waals surface area contributed by atoms with Gasteiger partial charge in [0, 0.05) is 32.2 Å². The van der Waals surface area contributed by atoms with E-state index in [1.54, 1.807) is 40.4 Å². The van der Waals surface area contributed by atoms with Crippen LogP contribution in [0.4, 0.5) is 5.69 Å². The van der Waals surface area contributed by atoms with Crippen molar-refractivity contribution >= 4 is 32.7 Å². The number of aromatic nitrogens is 2. The van der Waals surface area contributed by atoms with E-state index in [2.05, 4.69) is 10.0 Å². The SMILES string of the molecule is Cn1c(=O)n(CCC(=O)NCc2cccc(NS(C)(=O)=O)c2)c2ccccc21. The number of benzene rings is 2. The van der Waals surface area contributed by atoms with Crippen LogP contribution in [-0.4, -0.2) is 29.7 Å². The number of nitrogens with zero attached hydrogens (tertiary/aromatic N) is 2. The van der Waals surface area contributed by atoms with Gasteiger partial charge in [0.25, 0.3) is 0 Å². The van der Waals surface area contributed by atoms with E-state index in [-0.39, 0.29) is 31.1 Å². The summed E-state index contributed by atoms with van der Waals surface area (Å²) in [6, 6.07) is 14.3. The average molecular weight is 402 g/mol. The van der Waals surface area contributed by atoms with E-state index in [0.717, 1.165) is 22.9 Å². The third-order valence-electron chi connectivity index (χ3n) is 4.33. The van der Waals surface area contributed by atoms with E-state index in [1.807, 2.05) is 24.3 Å². The Hall–Kier alpha value is -3.07. The van der Waals surface area contributed by atoms with Gasteiger partial charge in [-0.05, 0) is 29.8 Å². The number of sulfonamides is 1. The molecule has 3 aromatic rings. The molecule has 1 amide bonds. The van der Waals surface area contributed by atoms with Crippen LogP contribution in [0.2, 0.25) is 0 Å². The first-order valence-electron chi connectivity index (χ1n) is 8.72. The molecule has 28 heavy (non-hydrogen) atoms. The van der Waals surface area contributed by atoms with Crippen molar-refractivity contribution < 1.29 is 13.2 Å². The lowest BCUT2D eigenvalue weighted by Crippen LogP contribution is -2.27. The van der Waals surface area contributed by atoms with Gasteiger partial charge >= 0.3 is 5.69 Å². The number of anilines is 1. The van der Waals surface area contributed by atoms with Gasteiger partial charge in [-0.3, -0.25) is 18.7 Å². The molecule has 0 fully saturated rings. The third kappa shape index (κ3) is 4.61. The second-order valence-corrected chi connectivity index (χ2v) is 8.33. The fourth-order valence-electron chi connectivity index (χ4n) is 3.04. The number of fused-ring (bicyclic) bond motifs is 1. The van der Waals surface area contributed by atoms with Crippen LogP contribution in [0.3, 0.4) is 0 Å². The van der Waals surface area contributed by atoms with Crippen LogP contribution in [0.1, 0.15) is 12.0 Å². The zero-order valence-corrected chi connectivity index (χ0v) is 16.5. The number of rotatable bonds is 7. The number of amides is 1. The summed E-state index contributed by atoms with van der Waals surface area (Å²) in [5.41, 5.74) is 2.67. The average Bonchev–Trinajstić information content (AvgIpc) is 2.88. The number of para-hydroxylation sites is 2. The molecular weight excluding hydrogens is 380 g/mol. The minimum atomic E-state index is -3.36. The molecule has 0 saturated carbocycles. The number of hydrogen-bond acceptors (Lipinski definition) is 4. The Morgan fingerprint density at radius 1 is 1.07 bits per heavy atom. The molecule has 3 rings (SSSR count). The van der Waals surface area contributed by atoms with Gasteiger partial charge in [0.15, 0.2) is 0 Å². The van der Waals surface area contributed by atoms with E-state index >= 15 is 0 Å². The Morgan fingerprint density at radius 3 is 2.50 bits per heavy atom. The molecule has 148 valence electrons. The van der Waals surface area contributed by atoms with Gasteiger partial charge < -0.3 is 5.32 Å². The lowest BCUT2D eigenvalue weighted by atomic mass is 10.2. The maximum atomic E-state index is 12.4. The minimum absolute atomic E-state index is 0.159. The summed E-state index contributed by atoms with van der Waals surface area (Å²) in [6.45, 7) is 0.546. The number of imidazole rings is 1. The second-order valence-electron chi connectivity index (χ2n) is 6.58. The standard InChI is InChI=1S/C19H22N4O4S/c1-22-16-8-3-4-9-17(16)23(19(22)25)11-10-18(24)20-13-14-6-5-7-15(12-14)21-28(2,26)27/h3-9,12,21H,10-11,13H2,1-2H3,(H,20,24). The van der Waals surface area contributed by atoms with Crippen molar-refractivity contribution in [1.82, 2.24) is 14.5 Å². The highest BCUT2D eigenvalue weighted by Crippen LogP contribution is 2.13. The lowest BCUT2D eigenvalue weighted by Gasteiger charge is -2.09. The van der Waals surface area contributed by atoms with Gasteiger partial charge in [-0.15, -0.1) is 0 Å². The second kappa shape index (κ2) is 7.89. The highest BCUT2D eigenvalue weighted by Gasteiger charge is 2.11. The predicted molar refractivity (Wildman–Crippen MR) is 109 cm³/mol. The van der Waals surface area contributed by atoms with E-state index in [4.69, 9.17) is 0 Å². The van der Waals surface area contributed by atoms with Crippen molar-refractivity contribution in [1.29, 1.82) is 0 Å². The summed E-state index contributed by atoms with van der Waals surface area (Å²) in [5, 5.41) is 2.80. The molecule has 2 N–H and O–H groups in total. The van der Waals surface area contributed by atoms with E-state index < -0.39 is 10.0 Å². The summed E-state index contributed by atoms with van der Waals surface area (Å²) in [6.07, 6.45) is 1.24. The van der Waals surface area contributed by atoms with E-state index in [0.29, 0.717) is 5.69 Å². The normalized spacial score (nSPS) is 11.5. The molecule has 8 nitrogen and oxygen atoms in total. The number of carbonyl (C=O) groups excluding carboxylic acids is 1. The summed E-state index contributed by atoms with van der Waals surface area (Å²) < 4.78 is 28.2. The van der Waals surface area contributed by atoms with Crippen molar-refractivity contribution in [2.45, 2.75) is 19.5 Å². The Balaban J connectivity index is 1.61. The van der Waals surface area contributed by atoms with Gasteiger partial charge in [0.05, 0.1) is 17.3 Å². The monoisotopic (exact) mass is 402 g/mol. The molecule has 1 heterocycles. The molecule has 0 aliphatic heterocycles. The van der Waals surface area contributed by atoms with E-state index in [9.17, 15) is 18.0 Å². The van der Waals surface area contributed by atoms with Crippen LogP contribution in [0.15, 0.2) is 53.3 Å². The Morgan fingerprint density at radius 2 is 1.79 bits per heavy atom. The maximum Gasteiger partial charge on any atom is 0.328 e. The van der Waals surface area contributed by atoms with Crippen molar-refractivity contribution in [3.8, 4) is 0 Å². The van der Waals surface area contributed by atoms with Crippen LogP contribution >= 0.6 is 0 Å². The Labute approximate surface area is 162 Å². The molecule has 0 unspecified atom stereocenters. The first kappa shape index (κ1) is 19.7. The Kier molecular flexibility index (Phi) is 5.55. The van der Waals surface area contributed by atoms with Crippen molar-refractivity contribution in [2.24, 2.45) is 7.05 Å². The third-order valence-corrected chi connectivity index (χ3v) is 4.94. The zero-order valence-electron chi connectivity index (χ0n) is 15.7. The van der Waals surface area contributed by atoms with Gasteiger partial charge in [-0.1, -0.05) is 24.3 Å². The summed E-state index contributed by atoms with van der Waals surface area (Å²) >= 11 is 0. The minimum Gasteiger partial charge on any atom is -0.352 e. The molecular formula is C19H22N4O4S. The number of nitrogens with one attached hydrogen (secondary N) is 2. The fourth-order valence-corrected chi connectivity index (χ4v) is 3.60. The van der Waals surface area contributed by atoms with Crippen LogP contribution in [0, 0.1) is 0 Å². The maximum absolute atomic E-state index is 12.4. The topological polar surface area (TPSA) is 102 Å². The molecule has 0 aliphatic carbocycles. The van der Waals surface area contributed by atoms with Crippen LogP contribution in [0.25, 0.3) is 11.0 Å². The van der Waals surface area contributed by atoms with Gasteiger partial charge in [-0.25, -0.2) is 13.2 Å². The molecule has 0 saturated heterocycles. The summed E-state index contributed by atoms with van der Waals surface area (Å²) in [4.78, 5) is 24.6. The van der Waals surface area contributed by atoms with Crippen LogP contribution < -0.4 is 15.7 Å². The number of hydrogen-bond donors (Lipinski definition) is 2. The first-order chi connectivity index (χ1) is 13.2. The highest BCUT2D eigenvalue weighted by atomic mass is 32.2. The molecule has 1 aromatic heterocycles. The molecule has 0 radical (unpaired) electrons. The summed E-state index contributed by atoms with van der Waals surface area (Å²) in [7, 11) is -1.65. The first-order valence-corrected chi connectivity index (χ1v) is 10.6. The quantitative estimate of drug-likeness (QED) is 0.624. The smallest absolute Gasteiger partial charge is 0.328 e. The van der Waals surface area contributed by atoms with E-state index in [1.165, 1.54) is 0 Å². The van der Waals surface area contributed by atoms with Gasteiger partial charge in [0.1, 0.15) is 0 Å². The lowest BCUT2D eigenvalue weighted by molar-refractivity contribution is -0.121. The molecule has 0 bridgehead atoms. The van der Waals surface area contributed by atoms with Crippen LogP contribution in [-0.2, 0) is 35.0 Å². The number of aryl methyl sites for hydroxylation is 2. The zero-order chi connectivity index (χ0) is 20.3.